The van der Waals surface area contributed by atoms with Crippen LogP contribution in [-0.4, -0.2) is 78.7 Å². The van der Waals surface area contributed by atoms with Crippen molar-refractivity contribution in [1.29, 1.82) is 0 Å². The molecule has 1 unspecified atom stereocenters. The number of aliphatic hydroxyl groups is 1. The fourth-order valence-electron chi connectivity index (χ4n) is 5.11. The lowest BCUT2D eigenvalue weighted by Crippen LogP contribution is -2.38. The van der Waals surface area contributed by atoms with Crippen LogP contribution in [-0.2, 0) is 14.3 Å². The molecule has 2 aliphatic rings. The summed E-state index contributed by atoms with van der Waals surface area (Å²) < 4.78 is 17.0. The summed E-state index contributed by atoms with van der Waals surface area (Å²) in [6.45, 7) is 12.7. The van der Waals surface area contributed by atoms with Gasteiger partial charge in [-0.2, -0.15) is 0 Å². The summed E-state index contributed by atoms with van der Waals surface area (Å²) in [6.07, 6.45) is 1.61. The molecule has 2 aromatic rings. The highest BCUT2D eigenvalue weighted by atomic mass is 16.5. The van der Waals surface area contributed by atoms with E-state index in [1.165, 1.54) is 0 Å². The Morgan fingerprint density at radius 2 is 1.74 bits per heavy atom. The summed E-state index contributed by atoms with van der Waals surface area (Å²) in [5, 5.41) is 11.5. The van der Waals surface area contributed by atoms with Crippen molar-refractivity contribution in [2.45, 2.75) is 52.7 Å². The fraction of sp³-hybridized carbons (Fsp3) is 0.484. The van der Waals surface area contributed by atoms with Crippen LogP contribution in [0, 0.1) is 6.92 Å². The number of aliphatic hydroxyl groups excluding tert-OH is 1. The van der Waals surface area contributed by atoms with Gasteiger partial charge in [0.25, 0.3) is 11.7 Å². The van der Waals surface area contributed by atoms with Crippen molar-refractivity contribution >= 4 is 17.4 Å². The number of benzene rings is 2. The second-order valence-electron chi connectivity index (χ2n) is 10.4. The van der Waals surface area contributed by atoms with Gasteiger partial charge in [-0.15, -0.1) is 0 Å². The van der Waals surface area contributed by atoms with E-state index in [1.807, 2.05) is 58.0 Å². The molecule has 1 amide bonds. The van der Waals surface area contributed by atoms with Crippen LogP contribution in [0.25, 0.3) is 5.76 Å². The van der Waals surface area contributed by atoms with Gasteiger partial charge >= 0.3 is 0 Å². The molecule has 0 aromatic heterocycles. The molecular weight excluding hydrogens is 496 g/mol. The lowest BCUT2D eigenvalue weighted by molar-refractivity contribution is -0.140. The van der Waals surface area contributed by atoms with Gasteiger partial charge in [0.05, 0.1) is 37.5 Å². The van der Waals surface area contributed by atoms with Gasteiger partial charge in [-0.3, -0.25) is 14.5 Å². The Bertz CT molecular complexity index is 1180. The third-order valence-corrected chi connectivity index (χ3v) is 7.01. The second kappa shape index (κ2) is 13.1. The molecule has 39 heavy (non-hydrogen) atoms. The van der Waals surface area contributed by atoms with Crippen LogP contribution in [0.4, 0.5) is 0 Å². The zero-order chi connectivity index (χ0) is 27.9. The molecule has 0 aliphatic carbocycles. The van der Waals surface area contributed by atoms with E-state index in [1.54, 1.807) is 17.0 Å². The highest BCUT2D eigenvalue weighted by Crippen LogP contribution is 2.40. The molecule has 2 fully saturated rings. The Morgan fingerprint density at radius 1 is 1.05 bits per heavy atom. The number of aryl methyl sites for hydroxylation is 1. The van der Waals surface area contributed by atoms with Gasteiger partial charge in [-0.05, 0) is 75.1 Å². The largest absolute Gasteiger partial charge is 0.507 e. The number of carbonyl (C=O) groups is 2. The highest BCUT2D eigenvalue weighted by molar-refractivity contribution is 6.46. The van der Waals surface area contributed by atoms with Gasteiger partial charge in [0, 0.05) is 31.7 Å². The predicted octanol–water partition coefficient (Wildman–Crippen LogP) is 4.72. The number of ether oxygens (including phenoxy) is 3. The first-order valence-electron chi connectivity index (χ1n) is 13.9. The maximum atomic E-state index is 13.4. The third kappa shape index (κ3) is 6.81. The van der Waals surface area contributed by atoms with Crippen molar-refractivity contribution in [3.63, 3.8) is 0 Å². The second-order valence-corrected chi connectivity index (χ2v) is 10.4. The average molecular weight is 537 g/mol. The van der Waals surface area contributed by atoms with Gasteiger partial charge in [-0.25, -0.2) is 0 Å². The molecule has 0 saturated carbocycles. The third-order valence-electron chi connectivity index (χ3n) is 7.01. The molecular formula is C31H40N2O6. The van der Waals surface area contributed by atoms with Crippen molar-refractivity contribution in [3.05, 3.63) is 64.7 Å². The summed E-state index contributed by atoms with van der Waals surface area (Å²) in [5.74, 6) is -0.0263. The lowest BCUT2D eigenvalue weighted by Gasteiger charge is -2.29. The maximum Gasteiger partial charge on any atom is 0.295 e. The number of Topliss-reactive ketones (excluding diaryl/α,β-unsaturated/α-hetero) is 1. The maximum absolute atomic E-state index is 13.4. The number of likely N-dealkylation sites (tertiary alicyclic amines) is 1. The molecule has 1 atom stereocenters. The first-order valence-corrected chi connectivity index (χ1v) is 13.9. The number of carbonyl (C=O) groups excluding carboxylic acids is 2. The van der Waals surface area contributed by atoms with E-state index >= 15 is 0 Å². The Kier molecular flexibility index (Phi) is 9.64. The summed E-state index contributed by atoms with van der Waals surface area (Å²) in [4.78, 5) is 30.7. The molecule has 0 spiro atoms. The van der Waals surface area contributed by atoms with E-state index in [9.17, 15) is 14.7 Å². The van der Waals surface area contributed by atoms with Crippen LogP contribution in [0.1, 0.15) is 56.3 Å². The molecule has 2 heterocycles. The SMILES string of the molecule is CCCOc1ccc(C2/C(=C(\O)c3ccc(OC(C)C)cc3C)C(=O)C(=O)N2CCCN2CCOCC2)cc1. The number of rotatable bonds is 11. The van der Waals surface area contributed by atoms with E-state index in [4.69, 9.17) is 14.2 Å². The van der Waals surface area contributed by atoms with Crippen LogP contribution in [0.5, 0.6) is 11.5 Å². The lowest BCUT2D eigenvalue weighted by atomic mass is 9.93. The quantitative estimate of drug-likeness (QED) is 0.253. The fourth-order valence-corrected chi connectivity index (χ4v) is 5.11. The standard InChI is InChI=1S/C31H40N2O6/c1-5-17-38-24-9-7-23(8-10-24)28-27(29(34)26-12-11-25(20-22(26)4)39-21(2)3)30(35)31(36)33(28)14-6-13-32-15-18-37-19-16-32/h7-12,20-21,28,34H,5-6,13-19H2,1-4H3/b29-27+. The minimum Gasteiger partial charge on any atom is -0.507 e. The molecule has 2 saturated heterocycles. The number of nitrogens with zero attached hydrogens (tertiary/aromatic N) is 2. The van der Waals surface area contributed by atoms with Crippen molar-refractivity contribution in [1.82, 2.24) is 9.80 Å². The smallest absolute Gasteiger partial charge is 0.295 e. The van der Waals surface area contributed by atoms with E-state index in [0.717, 1.165) is 42.9 Å². The monoisotopic (exact) mass is 536 g/mol. The van der Waals surface area contributed by atoms with Gasteiger partial charge in [0.2, 0.25) is 0 Å². The number of morpholine rings is 1. The van der Waals surface area contributed by atoms with Gasteiger partial charge in [-0.1, -0.05) is 19.1 Å². The average Bonchev–Trinajstić information content (AvgIpc) is 3.17. The zero-order valence-electron chi connectivity index (χ0n) is 23.4. The molecule has 2 aliphatic heterocycles. The molecule has 8 heteroatoms. The molecule has 8 nitrogen and oxygen atoms in total. The minimum absolute atomic E-state index is 0.0101. The van der Waals surface area contributed by atoms with E-state index < -0.39 is 17.7 Å². The van der Waals surface area contributed by atoms with E-state index in [0.29, 0.717) is 44.1 Å². The number of amides is 1. The molecule has 210 valence electrons. The summed E-state index contributed by atoms with van der Waals surface area (Å²) >= 11 is 0. The Morgan fingerprint density at radius 3 is 2.38 bits per heavy atom. The summed E-state index contributed by atoms with van der Waals surface area (Å²) in [7, 11) is 0. The van der Waals surface area contributed by atoms with Crippen molar-refractivity contribution in [3.8, 4) is 11.5 Å². The van der Waals surface area contributed by atoms with Gasteiger partial charge in [0.1, 0.15) is 17.3 Å². The molecule has 1 N–H and O–H groups in total. The first kappa shape index (κ1) is 28.6. The van der Waals surface area contributed by atoms with Crippen LogP contribution in [0.3, 0.4) is 0 Å². The van der Waals surface area contributed by atoms with Crippen molar-refractivity contribution < 1.29 is 28.9 Å². The van der Waals surface area contributed by atoms with Crippen LogP contribution < -0.4 is 9.47 Å². The highest BCUT2D eigenvalue weighted by Gasteiger charge is 2.46. The van der Waals surface area contributed by atoms with E-state index in [2.05, 4.69) is 4.90 Å². The Hall–Kier alpha value is -3.36. The summed E-state index contributed by atoms with van der Waals surface area (Å²) in [5.41, 5.74) is 2.12. The predicted molar refractivity (Wildman–Crippen MR) is 150 cm³/mol. The number of hydrogen-bond acceptors (Lipinski definition) is 7. The summed E-state index contributed by atoms with van der Waals surface area (Å²) in [6, 6.07) is 12.1. The molecule has 2 aromatic carbocycles. The van der Waals surface area contributed by atoms with Crippen LogP contribution in [0.2, 0.25) is 0 Å². The van der Waals surface area contributed by atoms with Crippen molar-refractivity contribution in [2.75, 3.05) is 46.0 Å². The van der Waals surface area contributed by atoms with Gasteiger partial charge in [0.15, 0.2) is 0 Å². The van der Waals surface area contributed by atoms with Gasteiger partial charge < -0.3 is 24.2 Å². The Balaban J connectivity index is 1.67. The molecule has 4 rings (SSSR count). The first-order chi connectivity index (χ1) is 18.8. The van der Waals surface area contributed by atoms with Crippen LogP contribution in [0.15, 0.2) is 48.0 Å². The normalized spacial score (nSPS) is 19.6. The molecule has 0 radical (unpaired) electrons. The van der Waals surface area contributed by atoms with E-state index in [-0.39, 0.29) is 17.4 Å². The molecule has 0 bridgehead atoms. The number of hydrogen-bond donors (Lipinski definition) is 1. The van der Waals surface area contributed by atoms with Crippen LogP contribution >= 0.6 is 0 Å². The zero-order valence-corrected chi connectivity index (χ0v) is 23.4. The topological polar surface area (TPSA) is 88.5 Å². The van der Waals surface area contributed by atoms with Crippen molar-refractivity contribution in [2.24, 2.45) is 0 Å². The number of ketones is 1. The minimum atomic E-state index is -0.694. The Labute approximate surface area is 231 Å².